The summed E-state index contributed by atoms with van der Waals surface area (Å²) >= 11 is 0. The minimum absolute atomic E-state index is 0.489. The van der Waals surface area contributed by atoms with Gasteiger partial charge in [-0.1, -0.05) is 43.7 Å². The fraction of sp³-hybridized carbons (Fsp3) is 0.750. The molecule has 1 aliphatic rings. The maximum atomic E-state index is 10.1. The number of aliphatic imine (C=N–C) groups is 3. The summed E-state index contributed by atoms with van der Waals surface area (Å²) in [6.07, 6.45) is 18.5. The number of hydrogen-bond acceptors (Lipinski definition) is 9. The van der Waals surface area contributed by atoms with Gasteiger partial charge in [-0.3, -0.25) is 10.4 Å². The zero-order valence-electron chi connectivity index (χ0n) is 20.2. The van der Waals surface area contributed by atoms with Crippen molar-refractivity contribution >= 4 is 24.1 Å². The van der Waals surface area contributed by atoms with Crippen molar-refractivity contribution in [1.29, 1.82) is 5.41 Å². The van der Waals surface area contributed by atoms with Crippen LogP contribution in [-0.4, -0.2) is 67.0 Å². The number of nitrogens with zero attached hydrogens (tertiary/aromatic N) is 5. The van der Waals surface area contributed by atoms with Gasteiger partial charge in [-0.15, -0.1) is 0 Å². The van der Waals surface area contributed by atoms with Gasteiger partial charge in [0.1, 0.15) is 12.1 Å². The molecule has 0 spiro atoms. The summed E-state index contributed by atoms with van der Waals surface area (Å²) in [4.78, 5) is 47.0. The van der Waals surface area contributed by atoms with Crippen molar-refractivity contribution < 1.29 is 19.2 Å². The molecule has 0 aromatic heterocycles. The van der Waals surface area contributed by atoms with Gasteiger partial charge >= 0.3 is 0 Å². The van der Waals surface area contributed by atoms with Crippen LogP contribution in [0.5, 0.6) is 0 Å². The van der Waals surface area contributed by atoms with Crippen molar-refractivity contribution in [1.82, 2.24) is 10.2 Å². The number of rotatable bonds is 21. The Morgan fingerprint density at radius 3 is 1.68 bits per heavy atom. The molecule has 0 atom stereocenters. The summed E-state index contributed by atoms with van der Waals surface area (Å²) in [5, 5.41) is 12.4. The molecule has 188 valence electrons. The van der Waals surface area contributed by atoms with Gasteiger partial charge in [0.05, 0.1) is 26.2 Å². The number of carbonyl (C=O) groups excluding carboxylic acids is 3. The molecule has 0 saturated heterocycles. The molecule has 0 fully saturated rings. The van der Waals surface area contributed by atoms with E-state index >= 15 is 0 Å². The lowest BCUT2D eigenvalue weighted by Crippen LogP contribution is -2.49. The molecule has 34 heavy (non-hydrogen) atoms. The van der Waals surface area contributed by atoms with Crippen molar-refractivity contribution in [2.75, 3.05) is 32.7 Å². The van der Waals surface area contributed by atoms with Crippen molar-refractivity contribution in [2.45, 2.75) is 83.5 Å². The standard InChI is InChI=1S/C24H38N6O4/c25-24-23(13-7-1-2-8-14-26-20-31)19-34-30(18-12-6-4-10-16-28-22-33)29(24)17-11-5-3-9-15-27-21-32/h19,25H,1-18H2. The van der Waals surface area contributed by atoms with Crippen LogP contribution in [0, 0.1) is 5.41 Å². The minimum atomic E-state index is 0.489. The van der Waals surface area contributed by atoms with Crippen LogP contribution in [0.1, 0.15) is 83.5 Å². The monoisotopic (exact) mass is 474 g/mol. The summed E-state index contributed by atoms with van der Waals surface area (Å²) in [6, 6.07) is 0. The highest BCUT2D eigenvalue weighted by Gasteiger charge is 2.26. The predicted molar refractivity (Wildman–Crippen MR) is 129 cm³/mol. The first kappa shape index (κ1) is 29.1. The van der Waals surface area contributed by atoms with Crippen LogP contribution >= 0.6 is 0 Å². The number of isocyanates is 3. The average Bonchev–Trinajstić information content (AvgIpc) is 2.84. The van der Waals surface area contributed by atoms with Gasteiger partial charge < -0.3 is 4.84 Å². The van der Waals surface area contributed by atoms with E-state index in [1.165, 1.54) is 0 Å². The normalized spacial score (nSPS) is 13.4. The first-order valence-corrected chi connectivity index (χ1v) is 12.3. The Morgan fingerprint density at radius 2 is 1.15 bits per heavy atom. The molecule has 0 amide bonds. The van der Waals surface area contributed by atoms with E-state index in [0.29, 0.717) is 38.6 Å². The molecule has 10 nitrogen and oxygen atoms in total. The summed E-state index contributed by atoms with van der Waals surface area (Å²) in [5.41, 5.74) is 0.897. The van der Waals surface area contributed by atoms with E-state index in [1.807, 2.05) is 5.01 Å². The number of unbranched alkanes of at least 4 members (excludes halogenated alkanes) is 9. The van der Waals surface area contributed by atoms with Gasteiger partial charge in [-0.05, 0) is 44.9 Å². The quantitative estimate of drug-likeness (QED) is 0.149. The Bertz CT molecular complexity index is 753. The lowest BCUT2D eigenvalue weighted by atomic mass is 10.1. The SMILES string of the molecule is N=C1C(CCCCCCN=C=O)=CON(CCCCCCN=C=O)N1CCCCCCN=C=O. The Hall–Kier alpha value is -2.89. The van der Waals surface area contributed by atoms with Crippen LogP contribution < -0.4 is 0 Å². The predicted octanol–water partition coefficient (Wildman–Crippen LogP) is 4.39. The van der Waals surface area contributed by atoms with E-state index in [9.17, 15) is 14.4 Å². The maximum absolute atomic E-state index is 10.1. The van der Waals surface area contributed by atoms with Gasteiger partial charge in [0.15, 0.2) is 0 Å². The minimum Gasteiger partial charge on any atom is -0.394 e. The van der Waals surface area contributed by atoms with Gasteiger partial charge in [0.2, 0.25) is 18.2 Å². The molecule has 1 heterocycles. The molecule has 1 N–H and O–H groups in total. The topological polar surface area (TPSA) is 128 Å². The molecule has 0 saturated carbocycles. The third-order valence-electron chi connectivity index (χ3n) is 5.57. The number of hydrazine groups is 1. The second-order valence-corrected chi connectivity index (χ2v) is 8.21. The van der Waals surface area contributed by atoms with E-state index in [4.69, 9.17) is 10.2 Å². The molecule has 0 aromatic carbocycles. The van der Waals surface area contributed by atoms with E-state index in [1.54, 1.807) is 29.7 Å². The Kier molecular flexibility index (Phi) is 17.7. The van der Waals surface area contributed by atoms with Crippen LogP contribution in [0.2, 0.25) is 0 Å². The van der Waals surface area contributed by atoms with Crippen LogP contribution in [0.4, 0.5) is 0 Å². The van der Waals surface area contributed by atoms with E-state index in [-0.39, 0.29) is 0 Å². The van der Waals surface area contributed by atoms with Crippen LogP contribution in [-0.2, 0) is 19.2 Å². The molecule has 0 unspecified atom stereocenters. The zero-order valence-corrected chi connectivity index (χ0v) is 20.2. The molecule has 10 heteroatoms. The van der Waals surface area contributed by atoms with Gasteiger partial charge in [0, 0.05) is 12.1 Å². The highest BCUT2D eigenvalue weighted by atomic mass is 16.7. The largest absolute Gasteiger partial charge is 0.394 e. The van der Waals surface area contributed by atoms with Gasteiger partial charge in [-0.2, -0.15) is 0 Å². The summed E-state index contributed by atoms with van der Waals surface area (Å²) in [7, 11) is 0. The van der Waals surface area contributed by atoms with Crippen molar-refractivity contribution in [3.8, 4) is 0 Å². The van der Waals surface area contributed by atoms with Crippen LogP contribution in [0.15, 0.2) is 26.8 Å². The van der Waals surface area contributed by atoms with E-state index < -0.39 is 0 Å². The highest BCUT2D eigenvalue weighted by molar-refractivity contribution is 5.95. The van der Waals surface area contributed by atoms with Crippen LogP contribution in [0.25, 0.3) is 0 Å². The lowest BCUT2D eigenvalue weighted by molar-refractivity contribution is -0.225. The number of hydroxylamine groups is 1. The second-order valence-electron chi connectivity index (χ2n) is 8.21. The molecule has 1 aliphatic heterocycles. The van der Waals surface area contributed by atoms with Gasteiger partial charge in [-0.25, -0.2) is 29.4 Å². The molecule has 1 rings (SSSR count). The highest BCUT2D eigenvalue weighted by Crippen LogP contribution is 2.22. The van der Waals surface area contributed by atoms with E-state index in [2.05, 4.69) is 15.0 Å². The number of amidine groups is 1. The molecule has 0 aromatic rings. The van der Waals surface area contributed by atoms with Crippen molar-refractivity contribution in [3.63, 3.8) is 0 Å². The lowest BCUT2D eigenvalue weighted by Gasteiger charge is -2.38. The summed E-state index contributed by atoms with van der Waals surface area (Å²) < 4.78 is 0. The first-order valence-electron chi connectivity index (χ1n) is 12.3. The smallest absolute Gasteiger partial charge is 0.234 e. The zero-order chi connectivity index (χ0) is 24.7. The van der Waals surface area contributed by atoms with Gasteiger partial charge in [0.25, 0.3) is 0 Å². The Morgan fingerprint density at radius 1 is 0.676 bits per heavy atom. The Labute approximate surface area is 202 Å². The van der Waals surface area contributed by atoms with E-state index in [0.717, 1.165) is 89.0 Å². The van der Waals surface area contributed by atoms with Crippen molar-refractivity contribution in [3.05, 3.63) is 11.8 Å². The number of hydrogen-bond donors (Lipinski definition) is 1. The third kappa shape index (κ3) is 13.6. The first-order chi connectivity index (χ1) is 16.7. The summed E-state index contributed by atoms with van der Waals surface area (Å²) in [6.45, 7) is 2.96. The van der Waals surface area contributed by atoms with Crippen molar-refractivity contribution in [2.24, 2.45) is 15.0 Å². The Balaban J connectivity index is 2.49. The number of nitrogens with one attached hydrogen (secondary N) is 1. The molecule has 0 bridgehead atoms. The third-order valence-corrected chi connectivity index (χ3v) is 5.57. The molecular weight excluding hydrogens is 436 g/mol. The fourth-order valence-corrected chi connectivity index (χ4v) is 3.68. The average molecular weight is 475 g/mol. The fourth-order valence-electron chi connectivity index (χ4n) is 3.68. The second kappa shape index (κ2) is 20.7. The van der Waals surface area contributed by atoms with Crippen LogP contribution in [0.3, 0.4) is 0 Å². The molecular formula is C24H38N6O4. The summed E-state index contributed by atoms with van der Waals surface area (Å²) in [5.74, 6) is 0.489. The molecule has 0 aliphatic carbocycles. The molecule has 0 radical (unpaired) electrons. The maximum Gasteiger partial charge on any atom is 0.234 e.